The van der Waals surface area contributed by atoms with Crippen LogP contribution in [0.4, 0.5) is 8.78 Å². The van der Waals surface area contributed by atoms with Crippen molar-refractivity contribution in [1.82, 2.24) is 19.9 Å². The van der Waals surface area contributed by atoms with Gasteiger partial charge in [0.1, 0.15) is 23.8 Å². The minimum absolute atomic E-state index is 0.0298. The van der Waals surface area contributed by atoms with Crippen LogP contribution in [0.3, 0.4) is 0 Å². The fourth-order valence-corrected chi connectivity index (χ4v) is 4.81. The molecule has 4 rings (SSSR count). The van der Waals surface area contributed by atoms with Crippen molar-refractivity contribution in [3.8, 4) is 0 Å². The van der Waals surface area contributed by atoms with Crippen molar-refractivity contribution in [3.05, 3.63) is 83.5 Å². The second kappa shape index (κ2) is 10.7. The van der Waals surface area contributed by atoms with Crippen molar-refractivity contribution < 1.29 is 22.7 Å². The van der Waals surface area contributed by atoms with Gasteiger partial charge in [0.25, 0.3) is 0 Å². The van der Waals surface area contributed by atoms with Gasteiger partial charge in [-0.2, -0.15) is 19.9 Å². The fraction of sp³-hybridized carbons (Fsp3) is 0.320. The molecule has 2 aliphatic rings. The maximum atomic E-state index is 15.4. The van der Waals surface area contributed by atoms with Gasteiger partial charge in [0.05, 0.1) is 11.4 Å². The van der Waals surface area contributed by atoms with Gasteiger partial charge in [-0.25, -0.2) is 8.78 Å². The summed E-state index contributed by atoms with van der Waals surface area (Å²) in [6.07, 6.45) is 14.2. The quantitative estimate of drug-likeness (QED) is 0.380. The van der Waals surface area contributed by atoms with Crippen LogP contribution in [0, 0.1) is 0 Å². The molecule has 0 bridgehead atoms. The molecular weight excluding hydrogens is 506 g/mol. The molecule has 2 heterocycles. The van der Waals surface area contributed by atoms with Gasteiger partial charge < -0.3 is 9.11 Å². The van der Waals surface area contributed by atoms with Gasteiger partial charge in [-0.3, -0.25) is 4.79 Å². The summed E-state index contributed by atoms with van der Waals surface area (Å²) in [4.78, 5) is 29.1. The zero-order valence-electron chi connectivity index (χ0n) is 19.7. The van der Waals surface area contributed by atoms with E-state index in [0.29, 0.717) is 22.5 Å². The third-order valence-corrected chi connectivity index (χ3v) is 7.24. The summed E-state index contributed by atoms with van der Waals surface area (Å²) in [6.45, 7) is 0. The van der Waals surface area contributed by atoms with E-state index < -0.39 is 33.7 Å². The highest BCUT2D eigenvalue weighted by atomic mass is 32.2. The second-order valence-corrected chi connectivity index (χ2v) is 11.3. The average Bonchev–Trinajstić information content (AvgIpc) is 2.84. The van der Waals surface area contributed by atoms with Crippen LogP contribution in [0.2, 0.25) is 0 Å². The number of ketones is 1. The van der Waals surface area contributed by atoms with Crippen molar-refractivity contribution in [3.63, 3.8) is 0 Å². The lowest BCUT2D eigenvalue weighted by Crippen LogP contribution is -2.27. The number of hydrogen-bond donors (Lipinski definition) is 0. The number of Topliss-reactive ketones (excluding diaryl/α,β-unsaturated/α-hetero) is 1. The van der Waals surface area contributed by atoms with E-state index in [1.165, 1.54) is 61.4 Å². The molecule has 0 fully saturated rings. The number of alkyl halides is 2. The van der Waals surface area contributed by atoms with Gasteiger partial charge in [-0.05, 0) is 24.3 Å². The van der Waals surface area contributed by atoms with E-state index in [-0.39, 0.29) is 41.8 Å². The van der Waals surface area contributed by atoms with Crippen molar-refractivity contribution in [2.75, 3.05) is 12.5 Å². The topological polar surface area (TPSA) is 115 Å². The lowest BCUT2D eigenvalue weighted by Gasteiger charge is -2.25. The minimum atomic E-state index is -1.74. The van der Waals surface area contributed by atoms with Crippen LogP contribution >= 0.6 is 0 Å². The molecule has 0 N–H and O–H groups in total. The molecule has 2 aromatic rings. The number of halogens is 2. The molecule has 0 spiro atoms. The van der Waals surface area contributed by atoms with E-state index in [1.807, 2.05) is 0 Å². The largest absolute Gasteiger partial charge is 0.609 e. The monoisotopic (exact) mass is 530 g/mol. The Morgan fingerprint density at radius 2 is 1.28 bits per heavy atom. The smallest absolute Gasteiger partial charge is 0.342 e. The van der Waals surface area contributed by atoms with Crippen LogP contribution in [0.5, 0.6) is 0 Å². The molecule has 11 heteroatoms. The highest BCUT2D eigenvalue weighted by molar-refractivity contribution is 7.90. The number of aromatic nitrogens is 4. The molecule has 2 aliphatic carbocycles. The lowest BCUT2D eigenvalue weighted by atomic mass is 9.84. The van der Waals surface area contributed by atoms with Crippen molar-refractivity contribution in [2.24, 2.45) is 0 Å². The molecule has 36 heavy (non-hydrogen) atoms. The Hall–Kier alpha value is -2.73. The van der Waals surface area contributed by atoms with Crippen molar-refractivity contribution in [2.45, 2.75) is 47.3 Å². The predicted molar refractivity (Wildman–Crippen MR) is 133 cm³/mol. The third kappa shape index (κ3) is 6.33. The van der Waals surface area contributed by atoms with Crippen LogP contribution in [-0.2, 0) is 40.0 Å². The van der Waals surface area contributed by atoms with Crippen molar-refractivity contribution in [1.29, 1.82) is 0 Å². The lowest BCUT2D eigenvalue weighted by molar-refractivity contribution is -0.111. The van der Waals surface area contributed by atoms with Crippen LogP contribution in [0.1, 0.15) is 24.2 Å². The highest BCUT2D eigenvalue weighted by Gasteiger charge is 2.33. The normalized spacial score (nSPS) is 25.2. The first kappa shape index (κ1) is 26.3. The molecule has 4 unspecified atom stereocenters. The molecule has 2 aromatic heterocycles. The maximum Gasteiger partial charge on any atom is 0.342 e. The average molecular weight is 531 g/mol. The number of nitrogens with zero attached hydrogens (tertiary/aromatic N) is 4. The Labute approximate surface area is 213 Å². The SMILES string of the molecule is C[S+]([O-])c1nccc(CC2(F)C=CC(C(=O)C3=CCC(F)(Cc4ccnc([S+](C)[O-])n4)C=C3)=CC2)n1. The zero-order valence-corrected chi connectivity index (χ0v) is 21.3. The Morgan fingerprint density at radius 3 is 1.61 bits per heavy atom. The zero-order chi connectivity index (χ0) is 25.9. The summed E-state index contributed by atoms with van der Waals surface area (Å²) in [5, 5.41) is 0.283. The Morgan fingerprint density at radius 1 is 0.861 bits per heavy atom. The molecule has 7 nitrogen and oxygen atoms in total. The van der Waals surface area contributed by atoms with Gasteiger partial charge in [0.2, 0.25) is 0 Å². The van der Waals surface area contributed by atoms with Crippen LogP contribution < -0.4 is 0 Å². The molecule has 0 amide bonds. The van der Waals surface area contributed by atoms with Gasteiger partial charge >= 0.3 is 10.3 Å². The van der Waals surface area contributed by atoms with Crippen LogP contribution in [0.15, 0.2) is 82.4 Å². The summed E-state index contributed by atoms with van der Waals surface area (Å²) in [6, 6.07) is 3.14. The van der Waals surface area contributed by atoms with Crippen LogP contribution in [-0.4, -0.2) is 58.7 Å². The molecule has 188 valence electrons. The Bertz CT molecular complexity index is 1190. The number of carbonyl (C=O) groups is 1. The Kier molecular flexibility index (Phi) is 7.84. The number of hydrogen-bond acceptors (Lipinski definition) is 7. The molecule has 0 aromatic carbocycles. The van der Waals surface area contributed by atoms with Crippen LogP contribution in [0.25, 0.3) is 0 Å². The van der Waals surface area contributed by atoms with E-state index in [4.69, 9.17) is 0 Å². The summed E-state index contributed by atoms with van der Waals surface area (Å²) < 4.78 is 53.9. The van der Waals surface area contributed by atoms with Gasteiger partial charge in [-0.15, -0.1) is 0 Å². The molecule has 0 saturated heterocycles. The summed E-state index contributed by atoms with van der Waals surface area (Å²) in [5.74, 6) is -0.317. The standard InChI is InChI=1S/C25H24F2N4O3S2/c1-35(33)22-28-13-7-19(30-22)15-24(26)9-3-17(4-10-24)21(32)18-5-11-25(27,12-6-18)16-20-8-14-29-23(31-20)36(2)34/h3-9,11,13-14H,10,12,15-16H2,1-2H3. The fourth-order valence-electron chi connectivity index (χ4n) is 3.90. The predicted octanol–water partition coefficient (Wildman–Crippen LogP) is 3.28. The van der Waals surface area contributed by atoms with E-state index in [9.17, 15) is 13.9 Å². The van der Waals surface area contributed by atoms with Gasteiger partial charge in [0.15, 0.2) is 5.78 Å². The van der Waals surface area contributed by atoms with Crippen molar-refractivity contribution >= 4 is 28.1 Å². The maximum absolute atomic E-state index is 15.4. The molecule has 0 aliphatic heterocycles. The number of rotatable bonds is 8. The highest BCUT2D eigenvalue weighted by Crippen LogP contribution is 2.33. The number of carbonyl (C=O) groups excluding carboxylic acids is 1. The minimum Gasteiger partial charge on any atom is -0.609 e. The third-order valence-electron chi connectivity index (χ3n) is 5.82. The first-order valence-corrected chi connectivity index (χ1v) is 14.2. The first-order valence-electron chi connectivity index (χ1n) is 11.1. The summed E-state index contributed by atoms with van der Waals surface area (Å²) in [7, 11) is 0. The molecule has 0 radical (unpaired) electrons. The van der Waals surface area contributed by atoms with E-state index in [1.54, 1.807) is 12.1 Å². The number of allylic oxidation sites excluding steroid dienone is 8. The summed E-state index contributed by atoms with van der Waals surface area (Å²) >= 11 is -2.74. The van der Waals surface area contributed by atoms with Gasteiger partial charge in [-0.1, -0.05) is 24.3 Å². The summed E-state index contributed by atoms with van der Waals surface area (Å²) in [5.41, 5.74) is -1.99. The molecule has 4 atom stereocenters. The van der Waals surface area contributed by atoms with E-state index in [0.717, 1.165) is 0 Å². The first-order chi connectivity index (χ1) is 17.1. The van der Waals surface area contributed by atoms with E-state index >= 15 is 8.78 Å². The molecule has 0 saturated carbocycles. The second-order valence-electron chi connectivity index (χ2n) is 8.72. The Balaban J connectivity index is 1.38. The van der Waals surface area contributed by atoms with Gasteiger partial charge in [0, 0.05) is 71.6 Å². The molecular formula is C25H24F2N4O3S2. The van der Waals surface area contributed by atoms with E-state index in [2.05, 4.69) is 19.9 Å².